The molecule has 0 bridgehead atoms. The lowest BCUT2D eigenvalue weighted by Crippen LogP contribution is -2.19. The van der Waals surface area contributed by atoms with Gasteiger partial charge in [-0.1, -0.05) is 156 Å². The molecule has 522 valence electrons. The van der Waals surface area contributed by atoms with Crippen LogP contribution in [-0.2, 0) is 21.7 Å². The van der Waals surface area contributed by atoms with Gasteiger partial charge in [0.05, 0.1) is 70.6 Å². The van der Waals surface area contributed by atoms with E-state index in [4.69, 9.17) is 17.7 Å². The SMILES string of the molecule is Cc1cc2ccoc2c(C)c1N(c1ccc(C(C)(C)C)cc1)c1cc(N(c2ccc(C(C)(C)C)cc2)c2c(C)cc3ccoc3c2C)c2ccc3c(N(c4ccc(C(C)(C)C)cc4)c4c(C)cc5ccoc5c4C)cc(N(c4ccc(C(C)(C)C)cc4)c4c(C)cc5ccoc5c4C)c4ccc1c2c43. The molecular formula is C96H94N4O4. The minimum atomic E-state index is -0.0989. The van der Waals surface area contributed by atoms with Crippen LogP contribution >= 0.6 is 0 Å². The molecule has 0 atom stereocenters. The van der Waals surface area contributed by atoms with Crippen LogP contribution < -0.4 is 19.6 Å². The summed E-state index contributed by atoms with van der Waals surface area (Å²) in [5, 5.41) is 10.8. The van der Waals surface area contributed by atoms with Gasteiger partial charge in [0.25, 0.3) is 0 Å². The Morgan fingerprint density at radius 2 is 0.423 bits per heavy atom. The molecule has 0 aliphatic heterocycles. The molecule has 0 spiro atoms. The van der Waals surface area contributed by atoms with Crippen molar-refractivity contribution in [3.8, 4) is 0 Å². The van der Waals surface area contributed by atoms with Crippen LogP contribution in [0.5, 0.6) is 0 Å². The molecule has 4 aromatic heterocycles. The van der Waals surface area contributed by atoms with Crippen LogP contribution in [0.2, 0.25) is 0 Å². The summed E-state index contributed by atoms with van der Waals surface area (Å²) in [6.45, 7) is 45.5. The Morgan fingerprint density at radius 1 is 0.231 bits per heavy atom. The van der Waals surface area contributed by atoms with Crippen molar-refractivity contribution in [2.45, 2.75) is 160 Å². The maximum absolute atomic E-state index is 6.55. The Balaban J connectivity index is 1.14. The molecular weight excluding hydrogens is 1270 g/mol. The molecule has 0 saturated heterocycles. The summed E-state index contributed by atoms with van der Waals surface area (Å²) in [5.41, 5.74) is 29.1. The van der Waals surface area contributed by atoms with Crippen LogP contribution in [0.3, 0.4) is 0 Å². The lowest BCUT2D eigenvalue weighted by Gasteiger charge is -2.36. The second-order valence-corrected chi connectivity index (χ2v) is 33.5. The van der Waals surface area contributed by atoms with Crippen molar-refractivity contribution >= 4 is 144 Å². The van der Waals surface area contributed by atoms with Gasteiger partial charge in [-0.2, -0.15) is 0 Å². The lowest BCUT2D eigenvalue weighted by atomic mass is 9.86. The van der Waals surface area contributed by atoms with E-state index in [1.165, 1.54) is 22.3 Å². The van der Waals surface area contributed by atoms with Crippen molar-refractivity contribution in [1.29, 1.82) is 0 Å². The third-order valence-electron chi connectivity index (χ3n) is 22.2. The average molecular weight is 1370 g/mol. The first-order chi connectivity index (χ1) is 49.4. The molecule has 0 N–H and O–H groups in total. The second-order valence-electron chi connectivity index (χ2n) is 33.5. The Bertz CT molecular complexity index is 5310. The number of furan rings is 4. The first-order valence-corrected chi connectivity index (χ1v) is 36.8. The van der Waals surface area contributed by atoms with Crippen LogP contribution in [0.1, 0.15) is 150 Å². The Labute approximate surface area is 612 Å². The van der Waals surface area contributed by atoms with E-state index in [2.05, 4.69) is 340 Å². The number of aryl methyl sites for hydroxylation is 8. The Morgan fingerprint density at radius 3 is 0.606 bits per heavy atom. The summed E-state index contributed by atoms with van der Waals surface area (Å²) in [7, 11) is 0. The van der Waals surface area contributed by atoms with Gasteiger partial charge in [-0.05, 0) is 231 Å². The van der Waals surface area contributed by atoms with E-state index >= 15 is 0 Å². The highest BCUT2D eigenvalue weighted by molar-refractivity contribution is 6.33. The van der Waals surface area contributed by atoms with Gasteiger partial charge in [-0.25, -0.2) is 0 Å². The zero-order chi connectivity index (χ0) is 73.1. The summed E-state index contributed by atoms with van der Waals surface area (Å²) >= 11 is 0. The Hall–Kier alpha value is -11.0. The van der Waals surface area contributed by atoms with Gasteiger partial charge in [0, 0.05) is 98.9 Å². The molecule has 0 saturated carbocycles. The number of hydrogen-bond donors (Lipinski definition) is 0. The second kappa shape index (κ2) is 24.3. The van der Waals surface area contributed by atoms with Gasteiger partial charge in [0.15, 0.2) is 0 Å². The standard InChI is InChI=1S/C96H94N4O4/c1-55-49-63-41-45-101-89(63)59(5)85(55)97(71-29-21-67(22-30-71)93(9,10)11)79-53-80(98(72-31-23-68(24-32-72)94(12,13)14)86-56(2)50-64-42-46-102-90(64)60(86)6)76-39-40-78-82(100(74-35-27-70(28-36-74)96(18,19)20)88-58(4)52-66-44-48-104-92(66)62(88)8)54-81(77-38-37-75(79)83(76)84(77)78)99(73-33-25-69(26-34-73)95(15,16)17)87-57(3)51-65-43-47-103-91(65)61(87)7/h21-54H,1-20H3. The fraction of sp³-hybridized carbons (Fsp3) is 0.250. The minimum absolute atomic E-state index is 0.0989. The van der Waals surface area contributed by atoms with Gasteiger partial charge in [-0.15, -0.1) is 0 Å². The number of nitrogens with zero attached hydrogens (tertiary/aromatic N) is 4. The smallest absolute Gasteiger partial charge is 0.138 e. The maximum Gasteiger partial charge on any atom is 0.138 e. The Kier molecular flexibility index (Phi) is 15.8. The molecule has 8 nitrogen and oxygen atoms in total. The number of hydrogen-bond acceptors (Lipinski definition) is 8. The normalized spacial score (nSPS) is 12.6. The van der Waals surface area contributed by atoms with Crippen molar-refractivity contribution in [2.24, 2.45) is 0 Å². The molecule has 8 heteroatoms. The zero-order valence-electron chi connectivity index (χ0n) is 64.1. The highest BCUT2D eigenvalue weighted by Crippen LogP contribution is 2.58. The highest BCUT2D eigenvalue weighted by atomic mass is 16.3. The molecule has 104 heavy (non-hydrogen) atoms. The molecule has 0 amide bonds. The van der Waals surface area contributed by atoms with Crippen molar-refractivity contribution in [3.63, 3.8) is 0 Å². The summed E-state index contributed by atoms with van der Waals surface area (Å²) < 4.78 is 26.2. The van der Waals surface area contributed by atoms with Crippen LogP contribution in [0.4, 0.5) is 68.2 Å². The van der Waals surface area contributed by atoms with Gasteiger partial charge in [0.2, 0.25) is 0 Å². The summed E-state index contributed by atoms with van der Waals surface area (Å²) in [4.78, 5) is 10.1. The predicted molar refractivity (Wildman–Crippen MR) is 441 cm³/mol. The number of rotatable bonds is 12. The molecule has 16 rings (SSSR count). The van der Waals surface area contributed by atoms with Crippen LogP contribution in [0.25, 0.3) is 76.2 Å². The van der Waals surface area contributed by atoms with Crippen molar-refractivity contribution in [1.82, 2.24) is 0 Å². The lowest BCUT2D eigenvalue weighted by molar-refractivity contribution is 0.590. The summed E-state index contributed by atoms with van der Waals surface area (Å²) in [6.07, 6.45) is 7.30. The summed E-state index contributed by atoms with van der Waals surface area (Å²) in [6, 6.07) is 69.4. The molecule has 0 aliphatic rings. The fourth-order valence-electron chi connectivity index (χ4n) is 16.8. The van der Waals surface area contributed by atoms with E-state index < -0.39 is 0 Å². The van der Waals surface area contributed by atoms with Crippen LogP contribution in [0.15, 0.2) is 225 Å². The first-order valence-electron chi connectivity index (χ1n) is 36.8. The molecule has 0 unspecified atom stereocenters. The molecule has 0 fully saturated rings. The van der Waals surface area contributed by atoms with Gasteiger partial charge in [-0.3, -0.25) is 0 Å². The maximum atomic E-state index is 6.55. The topological polar surface area (TPSA) is 65.5 Å². The number of fused-ring (bicyclic) bond motifs is 4. The fourth-order valence-corrected chi connectivity index (χ4v) is 16.8. The molecule has 0 aliphatic carbocycles. The van der Waals surface area contributed by atoms with E-state index in [1.807, 2.05) is 25.1 Å². The van der Waals surface area contributed by atoms with E-state index in [1.54, 1.807) is 0 Å². The van der Waals surface area contributed by atoms with E-state index in [-0.39, 0.29) is 21.7 Å². The van der Waals surface area contributed by atoms with Crippen molar-refractivity contribution < 1.29 is 17.7 Å². The number of benzene rings is 12. The monoisotopic (exact) mass is 1370 g/mol. The van der Waals surface area contributed by atoms with Crippen molar-refractivity contribution in [2.75, 3.05) is 19.6 Å². The summed E-state index contributed by atoms with van der Waals surface area (Å²) in [5.74, 6) is 0. The first kappa shape index (κ1) is 67.5. The quantitative estimate of drug-likeness (QED) is 0.112. The van der Waals surface area contributed by atoms with Gasteiger partial charge < -0.3 is 37.3 Å². The molecule has 0 radical (unpaired) electrons. The van der Waals surface area contributed by atoms with E-state index in [0.29, 0.717) is 0 Å². The predicted octanol–water partition coefficient (Wildman–Crippen LogP) is 29.1. The molecule has 4 heterocycles. The number of anilines is 12. The highest BCUT2D eigenvalue weighted by Gasteiger charge is 2.34. The largest absolute Gasteiger partial charge is 0.464 e. The minimum Gasteiger partial charge on any atom is -0.464 e. The molecule has 16 aromatic rings. The third kappa shape index (κ3) is 11.0. The van der Waals surface area contributed by atoms with Gasteiger partial charge >= 0.3 is 0 Å². The van der Waals surface area contributed by atoms with Gasteiger partial charge in [0.1, 0.15) is 22.3 Å². The van der Waals surface area contributed by atoms with E-state index in [9.17, 15) is 0 Å². The van der Waals surface area contributed by atoms with E-state index in [0.717, 1.165) is 189 Å². The van der Waals surface area contributed by atoms with Crippen molar-refractivity contribution in [3.05, 3.63) is 274 Å². The third-order valence-corrected chi connectivity index (χ3v) is 22.2. The van der Waals surface area contributed by atoms with Crippen LogP contribution in [0, 0.1) is 55.4 Å². The average Bonchev–Trinajstić information content (AvgIpc) is 0.760. The molecule has 12 aromatic carbocycles. The zero-order valence-corrected chi connectivity index (χ0v) is 64.1. The van der Waals surface area contributed by atoms with Crippen LogP contribution in [-0.4, -0.2) is 0 Å².